The van der Waals surface area contributed by atoms with Crippen LogP contribution >= 0.6 is 0 Å². The first-order valence-corrected chi connectivity index (χ1v) is 6.57. The Hall–Kier alpha value is -1.55. The summed E-state index contributed by atoms with van der Waals surface area (Å²) in [6.45, 7) is 2.79. The molecule has 0 fully saturated rings. The number of benzene rings is 1. The van der Waals surface area contributed by atoms with Crippen LogP contribution in [0.1, 0.15) is 36.5 Å². The van der Waals surface area contributed by atoms with Gasteiger partial charge in [0, 0.05) is 18.1 Å². The number of hydrogen-bond acceptors (Lipinski definition) is 4. The number of ether oxygens (including phenoxy) is 2. The molecule has 106 valence electrons. The van der Waals surface area contributed by atoms with Crippen molar-refractivity contribution in [3.63, 3.8) is 0 Å². The van der Waals surface area contributed by atoms with E-state index in [2.05, 4.69) is 6.92 Å². The molecule has 0 saturated heterocycles. The van der Waals surface area contributed by atoms with Gasteiger partial charge in [-0.25, -0.2) is 0 Å². The Morgan fingerprint density at radius 2 is 1.74 bits per heavy atom. The molecule has 0 amide bonds. The Balaban J connectivity index is 2.70. The van der Waals surface area contributed by atoms with Crippen molar-refractivity contribution >= 4 is 5.78 Å². The average molecular weight is 265 g/mol. The van der Waals surface area contributed by atoms with Crippen LogP contribution in [0.25, 0.3) is 0 Å². The number of carbonyl (C=O) groups is 1. The van der Waals surface area contributed by atoms with Gasteiger partial charge in [-0.2, -0.15) is 0 Å². The summed E-state index contributed by atoms with van der Waals surface area (Å²) in [5, 5.41) is 0. The zero-order chi connectivity index (χ0) is 14.3. The normalized spacial score (nSPS) is 12.0. The lowest BCUT2D eigenvalue weighted by molar-refractivity contribution is 0.0973. The largest absolute Gasteiger partial charge is 0.497 e. The zero-order valence-electron chi connectivity index (χ0n) is 11.9. The van der Waals surface area contributed by atoms with Gasteiger partial charge in [-0.15, -0.1) is 0 Å². The van der Waals surface area contributed by atoms with Gasteiger partial charge in [-0.05, 0) is 37.4 Å². The number of hydrogen-bond donors (Lipinski definition) is 1. The highest BCUT2D eigenvalue weighted by Crippen LogP contribution is 2.24. The Kier molecular flexibility index (Phi) is 6.36. The van der Waals surface area contributed by atoms with Crippen LogP contribution in [0.5, 0.6) is 11.5 Å². The fourth-order valence-corrected chi connectivity index (χ4v) is 1.92. The first kappa shape index (κ1) is 15.5. The molecule has 4 heteroatoms. The molecular formula is C15H23NO3. The molecule has 1 aromatic rings. The molecule has 1 rings (SSSR count). The minimum atomic E-state index is 0.112. The van der Waals surface area contributed by atoms with Gasteiger partial charge in [0.25, 0.3) is 0 Å². The molecule has 0 spiro atoms. The van der Waals surface area contributed by atoms with Crippen molar-refractivity contribution in [1.82, 2.24) is 0 Å². The number of rotatable bonds is 8. The van der Waals surface area contributed by atoms with Gasteiger partial charge in [-0.3, -0.25) is 4.79 Å². The lowest BCUT2D eigenvalue weighted by atomic mass is 9.97. The fraction of sp³-hybridized carbons (Fsp3) is 0.533. The molecule has 0 aliphatic carbocycles. The summed E-state index contributed by atoms with van der Waals surface area (Å²) < 4.78 is 10.3. The minimum Gasteiger partial charge on any atom is -0.497 e. The number of methoxy groups -OCH3 is 2. The van der Waals surface area contributed by atoms with Gasteiger partial charge in [0.15, 0.2) is 5.78 Å². The SMILES string of the molecule is COc1cc(OC)cc(C(=O)CCC(C)CCN)c1. The smallest absolute Gasteiger partial charge is 0.163 e. The van der Waals surface area contributed by atoms with Crippen LogP contribution in [-0.2, 0) is 0 Å². The van der Waals surface area contributed by atoms with E-state index in [0.29, 0.717) is 35.9 Å². The molecule has 1 aromatic carbocycles. The quantitative estimate of drug-likeness (QED) is 0.734. The third-order valence-electron chi connectivity index (χ3n) is 3.20. The Labute approximate surface area is 114 Å². The van der Waals surface area contributed by atoms with E-state index in [1.165, 1.54) is 0 Å². The van der Waals surface area contributed by atoms with Crippen molar-refractivity contribution in [2.24, 2.45) is 11.7 Å². The maximum Gasteiger partial charge on any atom is 0.163 e. The van der Waals surface area contributed by atoms with Gasteiger partial charge in [0.1, 0.15) is 11.5 Å². The van der Waals surface area contributed by atoms with Crippen molar-refractivity contribution < 1.29 is 14.3 Å². The lowest BCUT2D eigenvalue weighted by Gasteiger charge is -2.10. The van der Waals surface area contributed by atoms with E-state index in [1.54, 1.807) is 32.4 Å². The van der Waals surface area contributed by atoms with E-state index in [4.69, 9.17) is 15.2 Å². The maximum absolute atomic E-state index is 12.1. The molecular weight excluding hydrogens is 242 g/mol. The van der Waals surface area contributed by atoms with Crippen LogP contribution in [0.2, 0.25) is 0 Å². The van der Waals surface area contributed by atoms with Gasteiger partial charge in [0.05, 0.1) is 14.2 Å². The maximum atomic E-state index is 12.1. The second-order valence-electron chi connectivity index (χ2n) is 4.75. The van der Waals surface area contributed by atoms with Crippen molar-refractivity contribution in [2.75, 3.05) is 20.8 Å². The van der Waals surface area contributed by atoms with E-state index in [1.807, 2.05) is 0 Å². The molecule has 1 atom stereocenters. The molecule has 0 bridgehead atoms. The van der Waals surface area contributed by atoms with Gasteiger partial charge < -0.3 is 15.2 Å². The number of ketones is 1. The highest BCUT2D eigenvalue weighted by Gasteiger charge is 2.11. The van der Waals surface area contributed by atoms with E-state index in [0.717, 1.165) is 12.8 Å². The van der Waals surface area contributed by atoms with Crippen molar-refractivity contribution in [3.05, 3.63) is 23.8 Å². The van der Waals surface area contributed by atoms with E-state index < -0.39 is 0 Å². The molecule has 0 radical (unpaired) electrons. The summed E-state index contributed by atoms with van der Waals surface area (Å²) in [6.07, 6.45) is 2.34. The zero-order valence-corrected chi connectivity index (χ0v) is 11.9. The molecule has 0 aliphatic heterocycles. The molecule has 0 aromatic heterocycles. The third kappa shape index (κ3) is 4.91. The van der Waals surface area contributed by atoms with Crippen LogP contribution in [0, 0.1) is 5.92 Å². The fourth-order valence-electron chi connectivity index (χ4n) is 1.92. The van der Waals surface area contributed by atoms with Crippen LogP contribution in [0.4, 0.5) is 0 Å². The second kappa shape index (κ2) is 7.79. The summed E-state index contributed by atoms with van der Waals surface area (Å²) in [6, 6.07) is 5.25. The highest BCUT2D eigenvalue weighted by molar-refractivity contribution is 5.96. The highest BCUT2D eigenvalue weighted by atomic mass is 16.5. The lowest BCUT2D eigenvalue weighted by Crippen LogP contribution is -2.08. The molecule has 0 heterocycles. The average Bonchev–Trinajstić information content (AvgIpc) is 2.44. The topological polar surface area (TPSA) is 61.5 Å². The summed E-state index contributed by atoms with van der Waals surface area (Å²) in [4.78, 5) is 12.1. The monoisotopic (exact) mass is 265 g/mol. The predicted molar refractivity (Wildman–Crippen MR) is 75.9 cm³/mol. The molecule has 4 nitrogen and oxygen atoms in total. The van der Waals surface area contributed by atoms with Crippen molar-refractivity contribution in [1.29, 1.82) is 0 Å². The van der Waals surface area contributed by atoms with E-state index in [-0.39, 0.29) is 5.78 Å². The van der Waals surface area contributed by atoms with Crippen LogP contribution < -0.4 is 15.2 Å². The molecule has 0 aliphatic rings. The van der Waals surface area contributed by atoms with Gasteiger partial charge in [-0.1, -0.05) is 6.92 Å². The predicted octanol–water partition coefficient (Wildman–Crippen LogP) is 2.65. The Morgan fingerprint density at radius 1 is 1.16 bits per heavy atom. The van der Waals surface area contributed by atoms with Crippen molar-refractivity contribution in [2.45, 2.75) is 26.2 Å². The van der Waals surface area contributed by atoms with Gasteiger partial charge >= 0.3 is 0 Å². The summed E-state index contributed by atoms with van der Waals surface area (Å²) >= 11 is 0. The van der Waals surface area contributed by atoms with E-state index >= 15 is 0 Å². The summed E-state index contributed by atoms with van der Waals surface area (Å²) in [7, 11) is 3.15. The second-order valence-corrected chi connectivity index (χ2v) is 4.75. The Morgan fingerprint density at radius 3 is 2.21 bits per heavy atom. The first-order chi connectivity index (χ1) is 9.10. The summed E-state index contributed by atoms with van der Waals surface area (Å²) in [5.74, 6) is 1.86. The standard InChI is InChI=1S/C15H23NO3/c1-11(6-7-16)4-5-15(17)12-8-13(18-2)10-14(9-12)19-3/h8-11H,4-7,16H2,1-3H3. The van der Waals surface area contributed by atoms with Crippen LogP contribution in [0.3, 0.4) is 0 Å². The number of nitrogens with two attached hydrogens (primary N) is 1. The number of carbonyl (C=O) groups excluding carboxylic acids is 1. The minimum absolute atomic E-state index is 0.112. The number of Topliss-reactive ketones (excluding diaryl/α,β-unsaturated/α-hetero) is 1. The first-order valence-electron chi connectivity index (χ1n) is 6.57. The van der Waals surface area contributed by atoms with Crippen molar-refractivity contribution in [3.8, 4) is 11.5 Å². The molecule has 1 unspecified atom stereocenters. The molecule has 0 saturated carbocycles. The molecule has 2 N–H and O–H groups in total. The third-order valence-corrected chi connectivity index (χ3v) is 3.20. The van der Waals surface area contributed by atoms with E-state index in [9.17, 15) is 4.79 Å². The van der Waals surface area contributed by atoms with Crippen LogP contribution in [-0.4, -0.2) is 26.5 Å². The van der Waals surface area contributed by atoms with Crippen LogP contribution in [0.15, 0.2) is 18.2 Å². The summed E-state index contributed by atoms with van der Waals surface area (Å²) in [5.41, 5.74) is 6.14. The Bertz CT molecular complexity index is 396. The molecule has 19 heavy (non-hydrogen) atoms. The van der Waals surface area contributed by atoms with Gasteiger partial charge in [0.2, 0.25) is 0 Å².